The summed E-state index contributed by atoms with van der Waals surface area (Å²) in [5, 5.41) is 3.28. The van der Waals surface area contributed by atoms with Gasteiger partial charge in [0, 0.05) is 28.6 Å². The number of hydrogen-bond acceptors (Lipinski definition) is 4. The number of carbonyl (C=O) groups is 2. The van der Waals surface area contributed by atoms with Crippen molar-refractivity contribution in [2.75, 3.05) is 29.1 Å². The molecule has 2 aliphatic rings. The predicted molar refractivity (Wildman–Crippen MR) is 85.9 cm³/mol. The number of benzene rings is 1. The second-order valence-corrected chi connectivity index (χ2v) is 7.24. The molecule has 1 aromatic rings. The summed E-state index contributed by atoms with van der Waals surface area (Å²) in [6, 6.07) is 3.67. The van der Waals surface area contributed by atoms with E-state index in [1.165, 1.54) is 0 Å². The Bertz CT molecular complexity index is 591. The maximum absolute atomic E-state index is 11.7. The van der Waals surface area contributed by atoms with E-state index in [9.17, 15) is 9.59 Å². The van der Waals surface area contributed by atoms with Crippen LogP contribution in [0.25, 0.3) is 0 Å². The third-order valence-electron chi connectivity index (χ3n) is 3.72. The molecule has 0 aromatic heterocycles. The number of carbonyl (C=O) groups excluding carboxylic acids is 2. The molecule has 6 heteroatoms. The molecule has 1 N–H and O–H groups in total. The van der Waals surface area contributed by atoms with Gasteiger partial charge in [0.05, 0.1) is 16.9 Å². The Hall–Kier alpha value is -1.01. The van der Waals surface area contributed by atoms with Crippen molar-refractivity contribution in [3.63, 3.8) is 0 Å². The molecular weight excluding hydrogens is 340 g/mol. The summed E-state index contributed by atoms with van der Waals surface area (Å²) < 4.78 is 0.878. The van der Waals surface area contributed by atoms with Crippen molar-refractivity contribution < 1.29 is 9.59 Å². The van der Waals surface area contributed by atoms with E-state index in [1.54, 1.807) is 6.07 Å². The van der Waals surface area contributed by atoms with Crippen molar-refractivity contribution in [1.82, 2.24) is 0 Å². The highest BCUT2D eigenvalue weighted by atomic mass is 79.9. The van der Waals surface area contributed by atoms with Crippen LogP contribution in [0.2, 0.25) is 0 Å². The van der Waals surface area contributed by atoms with Crippen LogP contribution in [0.3, 0.4) is 0 Å². The third-order valence-corrected chi connectivity index (χ3v) is 5.73. The van der Waals surface area contributed by atoms with Crippen LogP contribution in [0, 0.1) is 0 Å². The van der Waals surface area contributed by atoms with E-state index in [-0.39, 0.29) is 0 Å². The van der Waals surface area contributed by atoms with Crippen LogP contribution in [0.5, 0.6) is 0 Å². The standard InChI is InChI=1S/C14H15BrN2O2S/c1-2-8-7-17(3-4-20-8)12-6-11-9(5-10(12)15)13(18)14(19)16-11/h5-6,8H,2-4,7H2,1H3,(H,16,18,19). The number of Topliss-reactive ketones (excluding diaryl/α,β-unsaturated/α-hetero) is 1. The highest BCUT2D eigenvalue weighted by Crippen LogP contribution is 2.37. The number of fused-ring (bicyclic) bond motifs is 1. The number of anilines is 2. The van der Waals surface area contributed by atoms with Crippen LogP contribution in [0.1, 0.15) is 23.7 Å². The fraction of sp³-hybridized carbons (Fsp3) is 0.429. The van der Waals surface area contributed by atoms with Gasteiger partial charge in [-0.25, -0.2) is 0 Å². The van der Waals surface area contributed by atoms with Gasteiger partial charge in [0.2, 0.25) is 0 Å². The highest BCUT2D eigenvalue weighted by Gasteiger charge is 2.30. The van der Waals surface area contributed by atoms with Gasteiger partial charge < -0.3 is 10.2 Å². The Balaban J connectivity index is 1.93. The largest absolute Gasteiger partial charge is 0.369 e. The van der Waals surface area contributed by atoms with E-state index in [1.807, 2.05) is 17.8 Å². The molecule has 2 heterocycles. The SMILES string of the molecule is CCC1CN(c2cc3c(cc2Br)C(=O)C(=O)N3)CCS1. The third kappa shape index (κ3) is 2.35. The minimum absolute atomic E-state index is 0.451. The monoisotopic (exact) mass is 354 g/mol. The zero-order valence-electron chi connectivity index (χ0n) is 11.1. The molecule has 0 bridgehead atoms. The summed E-state index contributed by atoms with van der Waals surface area (Å²) >= 11 is 5.55. The summed E-state index contributed by atoms with van der Waals surface area (Å²) in [5.74, 6) is 0.116. The number of rotatable bonds is 2. The Morgan fingerprint density at radius 2 is 2.25 bits per heavy atom. The van der Waals surface area contributed by atoms with Gasteiger partial charge in [0.15, 0.2) is 0 Å². The normalized spacial score (nSPS) is 21.9. The van der Waals surface area contributed by atoms with Gasteiger partial charge in [-0.15, -0.1) is 0 Å². The fourth-order valence-electron chi connectivity index (χ4n) is 2.58. The number of halogens is 1. The predicted octanol–water partition coefficient (Wildman–Crippen LogP) is 2.92. The average molecular weight is 355 g/mol. The summed E-state index contributed by atoms with van der Waals surface area (Å²) in [5.41, 5.74) is 2.14. The van der Waals surface area contributed by atoms with E-state index in [4.69, 9.17) is 0 Å². The van der Waals surface area contributed by atoms with Crippen LogP contribution in [0.15, 0.2) is 16.6 Å². The number of thioether (sulfide) groups is 1. The summed E-state index contributed by atoms with van der Waals surface area (Å²) in [6.07, 6.45) is 1.15. The summed E-state index contributed by atoms with van der Waals surface area (Å²) in [6.45, 7) is 4.19. The van der Waals surface area contributed by atoms with Crippen molar-refractivity contribution >= 4 is 50.8 Å². The van der Waals surface area contributed by atoms with Gasteiger partial charge in [0.1, 0.15) is 0 Å². The molecule has 1 fully saturated rings. The van der Waals surface area contributed by atoms with Gasteiger partial charge in [-0.05, 0) is 34.5 Å². The van der Waals surface area contributed by atoms with E-state index in [2.05, 4.69) is 33.1 Å². The van der Waals surface area contributed by atoms with E-state index < -0.39 is 11.7 Å². The zero-order valence-corrected chi connectivity index (χ0v) is 13.5. The van der Waals surface area contributed by atoms with E-state index in [0.29, 0.717) is 16.5 Å². The first-order valence-electron chi connectivity index (χ1n) is 6.66. The zero-order chi connectivity index (χ0) is 14.3. The van der Waals surface area contributed by atoms with Crippen molar-refractivity contribution in [2.24, 2.45) is 0 Å². The average Bonchev–Trinajstić information content (AvgIpc) is 2.73. The van der Waals surface area contributed by atoms with Crippen molar-refractivity contribution in [3.8, 4) is 0 Å². The molecule has 0 aliphatic carbocycles. The minimum atomic E-state index is -0.537. The molecule has 1 atom stereocenters. The molecule has 1 aromatic carbocycles. The van der Waals surface area contributed by atoms with Gasteiger partial charge in [-0.2, -0.15) is 11.8 Å². The first-order chi connectivity index (χ1) is 9.60. The molecule has 4 nitrogen and oxygen atoms in total. The van der Waals surface area contributed by atoms with Crippen LogP contribution in [-0.2, 0) is 4.79 Å². The minimum Gasteiger partial charge on any atom is -0.369 e. The second-order valence-electron chi connectivity index (χ2n) is 4.98. The van der Waals surface area contributed by atoms with E-state index in [0.717, 1.165) is 35.4 Å². The molecule has 106 valence electrons. The Morgan fingerprint density at radius 3 is 3.00 bits per heavy atom. The lowest BCUT2D eigenvalue weighted by molar-refractivity contribution is -0.112. The molecule has 1 saturated heterocycles. The number of ketones is 1. The van der Waals surface area contributed by atoms with Crippen LogP contribution in [-0.4, -0.2) is 35.8 Å². The van der Waals surface area contributed by atoms with Crippen LogP contribution < -0.4 is 10.2 Å². The number of hydrogen-bond donors (Lipinski definition) is 1. The smallest absolute Gasteiger partial charge is 0.296 e. The van der Waals surface area contributed by atoms with Gasteiger partial charge in [0.25, 0.3) is 11.7 Å². The summed E-state index contributed by atoms with van der Waals surface area (Å²) in [4.78, 5) is 25.4. The first-order valence-corrected chi connectivity index (χ1v) is 8.50. The molecule has 20 heavy (non-hydrogen) atoms. The first kappa shape index (κ1) is 13.9. The molecule has 0 spiro atoms. The van der Waals surface area contributed by atoms with Crippen LogP contribution in [0.4, 0.5) is 11.4 Å². The summed E-state index contributed by atoms with van der Waals surface area (Å²) in [7, 11) is 0. The number of nitrogens with zero attached hydrogens (tertiary/aromatic N) is 1. The van der Waals surface area contributed by atoms with Gasteiger partial charge in [-0.3, -0.25) is 9.59 Å². The lowest BCUT2D eigenvalue weighted by atomic mass is 10.1. The van der Waals surface area contributed by atoms with Gasteiger partial charge in [-0.1, -0.05) is 6.92 Å². The van der Waals surface area contributed by atoms with Crippen molar-refractivity contribution in [1.29, 1.82) is 0 Å². The maximum atomic E-state index is 11.7. The molecule has 0 radical (unpaired) electrons. The molecule has 0 saturated carbocycles. The lowest BCUT2D eigenvalue weighted by Crippen LogP contribution is -2.37. The number of nitrogens with one attached hydrogen (secondary N) is 1. The fourth-order valence-corrected chi connectivity index (χ4v) is 4.36. The Morgan fingerprint density at radius 1 is 1.45 bits per heavy atom. The Labute approximate surface area is 130 Å². The number of amides is 1. The van der Waals surface area contributed by atoms with Crippen molar-refractivity contribution in [3.05, 3.63) is 22.2 Å². The molecule has 2 aliphatic heterocycles. The lowest BCUT2D eigenvalue weighted by Gasteiger charge is -2.34. The topological polar surface area (TPSA) is 49.4 Å². The molecule has 1 unspecified atom stereocenters. The van der Waals surface area contributed by atoms with Crippen molar-refractivity contribution in [2.45, 2.75) is 18.6 Å². The highest BCUT2D eigenvalue weighted by molar-refractivity contribution is 9.10. The van der Waals surface area contributed by atoms with Gasteiger partial charge >= 0.3 is 0 Å². The molecule has 3 rings (SSSR count). The maximum Gasteiger partial charge on any atom is 0.296 e. The molecule has 1 amide bonds. The van der Waals surface area contributed by atoms with Crippen LogP contribution >= 0.6 is 27.7 Å². The van der Waals surface area contributed by atoms with E-state index >= 15 is 0 Å². The second kappa shape index (κ2) is 5.41. The quantitative estimate of drug-likeness (QED) is 0.829. The Kier molecular flexibility index (Phi) is 3.77. The molecular formula is C14H15BrN2O2S.